The highest BCUT2D eigenvalue weighted by atomic mass is 79.9. The fourth-order valence-corrected chi connectivity index (χ4v) is 2.35. The Balaban J connectivity index is 2.02. The Morgan fingerprint density at radius 2 is 1.84 bits per heavy atom. The van der Waals surface area contributed by atoms with Gasteiger partial charge in [-0.3, -0.25) is 0 Å². The summed E-state index contributed by atoms with van der Waals surface area (Å²) in [6.45, 7) is 8.50. The van der Waals surface area contributed by atoms with Crippen molar-refractivity contribution >= 4 is 15.9 Å². The lowest BCUT2D eigenvalue weighted by Crippen LogP contribution is -2.35. The van der Waals surface area contributed by atoms with E-state index in [-0.39, 0.29) is 5.54 Å². The van der Waals surface area contributed by atoms with Crippen LogP contribution in [0.2, 0.25) is 0 Å². The molecular formula is C16H21BrN2. The van der Waals surface area contributed by atoms with Gasteiger partial charge in [-0.15, -0.1) is 0 Å². The molecule has 2 nitrogen and oxygen atoms in total. The first-order chi connectivity index (χ1) is 9.01. The maximum atomic E-state index is 3.62. The van der Waals surface area contributed by atoms with Crippen LogP contribution in [0.4, 0.5) is 0 Å². The monoisotopic (exact) mass is 320 g/mol. The quantitative estimate of drug-likeness (QED) is 0.869. The van der Waals surface area contributed by atoms with Crippen molar-refractivity contribution in [2.24, 2.45) is 0 Å². The van der Waals surface area contributed by atoms with Crippen molar-refractivity contribution in [1.82, 2.24) is 9.88 Å². The van der Waals surface area contributed by atoms with Gasteiger partial charge in [-0.25, -0.2) is 0 Å². The zero-order chi connectivity index (χ0) is 13.9. The molecule has 1 aromatic carbocycles. The minimum Gasteiger partial charge on any atom is -0.354 e. The second-order valence-corrected chi connectivity index (χ2v) is 6.25. The molecule has 0 aliphatic carbocycles. The zero-order valence-electron chi connectivity index (χ0n) is 11.8. The SMILES string of the molecule is CCn1ccc(CNC(C)(C)c2ccc(Br)cc2)c1. The van der Waals surface area contributed by atoms with Crippen LogP contribution in [-0.2, 0) is 18.6 Å². The summed E-state index contributed by atoms with van der Waals surface area (Å²) in [5, 5.41) is 3.62. The summed E-state index contributed by atoms with van der Waals surface area (Å²) >= 11 is 3.48. The Morgan fingerprint density at radius 1 is 1.16 bits per heavy atom. The predicted molar refractivity (Wildman–Crippen MR) is 84.1 cm³/mol. The lowest BCUT2D eigenvalue weighted by atomic mass is 9.94. The standard InChI is InChI=1S/C16H21BrN2/c1-4-19-10-9-13(12-19)11-18-16(2,3)14-5-7-15(17)8-6-14/h5-10,12,18H,4,11H2,1-3H3. The average molecular weight is 321 g/mol. The van der Waals surface area contributed by atoms with E-state index in [4.69, 9.17) is 0 Å². The topological polar surface area (TPSA) is 17.0 Å². The van der Waals surface area contributed by atoms with Crippen LogP contribution in [0, 0.1) is 0 Å². The second-order valence-electron chi connectivity index (χ2n) is 5.34. The molecule has 0 radical (unpaired) electrons. The summed E-state index contributed by atoms with van der Waals surface area (Å²) in [4.78, 5) is 0. The number of aryl methyl sites for hydroxylation is 1. The highest BCUT2D eigenvalue weighted by Crippen LogP contribution is 2.22. The molecule has 0 unspecified atom stereocenters. The Labute approximate surface area is 124 Å². The van der Waals surface area contributed by atoms with Crippen molar-refractivity contribution in [1.29, 1.82) is 0 Å². The molecule has 102 valence electrons. The van der Waals surface area contributed by atoms with Crippen LogP contribution in [0.3, 0.4) is 0 Å². The van der Waals surface area contributed by atoms with Crippen LogP contribution in [0.25, 0.3) is 0 Å². The molecule has 2 rings (SSSR count). The zero-order valence-corrected chi connectivity index (χ0v) is 13.4. The summed E-state index contributed by atoms with van der Waals surface area (Å²) < 4.78 is 3.32. The molecule has 3 heteroatoms. The van der Waals surface area contributed by atoms with E-state index in [0.29, 0.717) is 0 Å². The van der Waals surface area contributed by atoms with Crippen LogP contribution in [0.5, 0.6) is 0 Å². The average Bonchev–Trinajstić information content (AvgIpc) is 2.85. The molecule has 1 heterocycles. The third kappa shape index (κ3) is 3.71. The number of benzene rings is 1. The van der Waals surface area contributed by atoms with Gasteiger partial charge in [0.15, 0.2) is 0 Å². The number of rotatable bonds is 5. The molecule has 0 bridgehead atoms. The first kappa shape index (κ1) is 14.4. The molecule has 1 N–H and O–H groups in total. The van der Waals surface area contributed by atoms with E-state index in [9.17, 15) is 0 Å². The van der Waals surface area contributed by atoms with Crippen molar-refractivity contribution in [3.8, 4) is 0 Å². The molecule has 0 saturated heterocycles. The van der Waals surface area contributed by atoms with Crippen LogP contribution in [-0.4, -0.2) is 4.57 Å². The van der Waals surface area contributed by atoms with Gasteiger partial charge in [-0.05, 0) is 50.1 Å². The van der Waals surface area contributed by atoms with Crippen LogP contribution >= 0.6 is 15.9 Å². The number of hydrogen-bond donors (Lipinski definition) is 1. The van der Waals surface area contributed by atoms with E-state index in [2.05, 4.69) is 89.3 Å². The van der Waals surface area contributed by atoms with Crippen molar-refractivity contribution in [2.75, 3.05) is 0 Å². The van der Waals surface area contributed by atoms with E-state index in [1.54, 1.807) is 0 Å². The molecule has 1 aromatic heterocycles. The maximum Gasteiger partial charge on any atom is 0.0380 e. The van der Waals surface area contributed by atoms with Crippen molar-refractivity contribution in [2.45, 2.75) is 39.4 Å². The van der Waals surface area contributed by atoms with E-state index < -0.39 is 0 Å². The van der Waals surface area contributed by atoms with Crippen LogP contribution in [0.15, 0.2) is 47.2 Å². The molecule has 0 saturated carbocycles. The largest absolute Gasteiger partial charge is 0.354 e. The summed E-state index contributed by atoms with van der Waals surface area (Å²) in [5.74, 6) is 0. The highest BCUT2D eigenvalue weighted by molar-refractivity contribution is 9.10. The number of hydrogen-bond acceptors (Lipinski definition) is 1. The summed E-state index contributed by atoms with van der Waals surface area (Å²) in [6.07, 6.45) is 4.33. The van der Waals surface area contributed by atoms with Gasteiger partial charge in [0.05, 0.1) is 0 Å². The Bertz CT molecular complexity index is 526. The molecule has 19 heavy (non-hydrogen) atoms. The Hall–Kier alpha value is -1.06. The first-order valence-electron chi connectivity index (χ1n) is 6.67. The fraction of sp³-hybridized carbons (Fsp3) is 0.375. The minimum absolute atomic E-state index is 0.0327. The van der Waals surface area contributed by atoms with Gasteiger partial charge in [0.1, 0.15) is 0 Å². The number of aromatic nitrogens is 1. The van der Waals surface area contributed by atoms with Crippen molar-refractivity contribution < 1.29 is 0 Å². The van der Waals surface area contributed by atoms with Crippen molar-refractivity contribution in [3.05, 3.63) is 58.3 Å². The van der Waals surface area contributed by atoms with Gasteiger partial charge < -0.3 is 9.88 Å². The molecule has 0 aliphatic rings. The summed E-state index contributed by atoms with van der Waals surface area (Å²) in [5.41, 5.74) is 2.59. The number of nitrogens with one attached hydrogen (secondary N) is 1. The van der Waals surface area contributed by atoms with Gasteiger partial charge in [0.2, 0.25) is 0 Å². The van der Waals surface area contributed by atoms with Gasteiger partial charge in [0.25, 0.3) is 0 Å². The van der Waals surface area contributed by atoms with E-state index in [1.807, 2.05) is 0 Å². The molecule has 0 aliphatic heterocycles. The normalized spacial score (nSPS) is 11.8. The van der Waals surface area contributed by atoms with E-state index in [0.717, 1.165) is 17.6 Å². The van der Waals surface area contributed by atoms with Gasteiger partial charge in [-0.1, -0.05) is 28.1 Å². The van der Waals surface area contributed by atoms with Gasteiger partial charge >= 0.3 is 0 Å². The van der Waals surface area contributed by atoms with Gasteiger partial charge in [-0.2, -0.15) is 0 Å². The van der Waals surface area contributed by atoms with Crippen LogP contribution < -0.4 is 5.32 Å². The molecule has 0 atom stereocenters. The minimum atomic E-state index is -0.0327. The lowest BCUT2D eigenvalue weighted by molar-refractivity contribution is 0.401. The third-order valence-corrected chi connectivity index (χ3v) is 4.01. The molecular weight excluding hydrogens is 300 g/mol. The first-order valence-corrected chi connectivity index (χ1v) is 7.46. The fourth-order valence-electron chi connectivity index (χ4n) is 2.08. The predicted octanol–water partition coefficient (Wildman–Crippen LogP) is 4.30. The highest BCUT2D eigenvalue weighted by Gasteiger charge is 2.19. The Morgan fingerprint density at radius 3 is 2.42 bits per heavy atom. The second kappa shape index (κ2) is 5.93. The third-order valence-electron chi connectivity index (χ3n) is 3.48. The number of nitrogens with zero attached hydrogens (tertiary/aromatic N) is 1. The van der Waals surface area contributed by atoms with Crippen LogP contribution in [0.1, 0.15) is 31.9 Å². The summed E-state index contributed by atoms with van der Waals surface area (Å²) in [7, 11) is 0. The molecule has 0 spiro atoms. The maximum absolute atomic E-state index is 3.62. The van der Waals surface area contributed by atoms with Gasteiger partial charge in [0, 0.05) is 35.5 Å². The van der Waals surface area contributed by atoms with E-state index in [1.165, 1.54) is 11.1 Å². The lowest BCUT2D eigenvalue weighted by Gasteiger charge is -2.27. The Kier molecular flexibility index (Phi) is 4.48. The smallest absolute Gasteiger partial charge is 0.0380 e. The molecule has 0 fully saturated rings. The summed E-state index contributed by atoms with van der Waals surface area (Å²) in [6, 6.07) is 10.7. The molecule has 2 aromatic rings. The number of halogens is 1. The van der Waals surface area contributed by atoms with E-state index >= 15 is 0 Å². The van der Waals surface area contributed by atoms with Crippen molar-refractivity contribution in [3.63, 3.8) is 0 Å². The molecule has 0 amide bonds.